The molecule has 4 heteroatoms. The summed E-state index contributed by atoms with van der Waals surface area (Å²) in [5.41, 5.74) is 2.80. The number of aromatic nitrogens is 3. The molecule has 1 atom stereocenters. The molecule has 2 heterocycles. The van der Waals surface area contributed by atoms with Crippen LogP contribution >= 0.6 is 0 Å². The Morgan fingerprint density at radius 1 is 1.31 bits per heavy atom. The quantitative estimate of drug-likeness (QED) is 0.775. The molecule has 0 unspecified atom stereocenters. The van der Waals surface area contributed by atoms with Crippen LogP contribution in [0.4, 0.5) is 0 Å². The van der Waals surface area contributed by atoms with Gasteiger partial charge in [-0.15, -0.1) is 10.2 Å². The molecule has 1 aliphatic heterocycles. The lowest BCUT2D eigenvalue weighted by Gasteiger charge is -2.25. The summed E-state index contributed by atoms with van der Waals surface area (Å²) in [6.07, 6.45) is 2.74. The third-order valence-corrected chi connectivity index (χ3v) is 3.14. The normalized spacial score (nSPS) is 19.4. The Morgan fingerprint density at radius 3 is 2.88 bits per heavy atom. The number of aryl methyl sites for hydroxylation is 1. The lowest BCUT2D eigenvalue weighted by Crippen LogP contribution is -2.30. The van der Waals surface area contributed by atoms with Gasteiger partial charge in [-0.3, -0.25) is 0 Å². The lowest BCUT2D eigenvalue weighted by molar-refractivity contribution is 0.463. The Morgan fingerprint density at radius 2 is 2.12 bits per heavy atom. The van der Waals surface area contributed by atoms with E-state index in [1.54, 1.807) is 6.33 Å². The van der Waals surface area contributed by atoms with E-state index in [2.05, 4.69) is 39.8 Å². The van der Waals surface area contributed by atoms with Crippen LogP contribution < -0.4 is 5.32 Å². The zero-order chi connectivity index (χ0) is 11.0. The van der Waals surface area contributed by atoms with Crippen molar-refractivity contribution in [2.75, 3.05) is 0 Å². The topological polar surface area (TPSA) is 42.7 Å². The van der Waals surface area contributed by atoms with E-state index in [1.807, 2.05) is 11.6 Å². The minimum atomic E-state index is 0.280. The molecule has 2 aromatic rings. The number of fused-ring (bicyclic) bond motifs is 1. The number of rotatable bonds is 1. The highest BCUT2D eigenvalue weighted by atomic mass is 15.3. The van der Waals surface area contributed by atoms with Crippen LogP contribution in [-0.2, 0) is 20.0 Å². The monoisotopic (exact) mass is 214 g/mol. The number of hydrogen-bond acceptors (Lipinski definition) is 3. The number of nitrogens with zero attached hydrogens (tertiary/aromatic N) is 3. The van der Waals surface area contributed by atoms with Crippen molar-refractivity contribution in [3.8, 4) is 0 Å². The minimum absolute atomic E-state index is 0.280. The van der Waals surface area contributed by atoms with Crippen LogP contribution in [0, 0.1) is 0 Å². The van der Waals surface area contributed by atoms with Crippen LogP contribution in [0.5, 0.6) is 0 Å². The van der Waals surface area contributed by atoms with Gasteiger partial charge in [-0.2, -0.15) is 0 Å². The Kier molecular flexibility index (Phi) is 2.22. The largest absolute Gasteiger partial charge is 0.319 e. The fourth-order valence-corrected chi connectivity index (χ4v) is 2.24. The molecular formula is C12H14N4. The summed E-state index contributed by atoms with van der Waals surface area (Å²) in [4.78, 5) is 0. The molecule has 1 aromatic carbocycles. The lowest BCUT2D eigenvalue weighted by atomic mass is 9.95. The second-order valence-electron chi connectivity index (χ2n) is 4.21. The Labute approximate surface area is 94.3 Å². The van der Waals surface area contributed by atoms with Gasteiger partial charge >= 0.3 is 0 Å². The van der Waals surface area contributed by atoms with Crippen LogP contribution in [0.2, 0.25) is 0 Å². The van der Waals surface area contributed by atoms with E-state index >= 15 is 0 Å². The predicted molar refractivity (Wildman–Crippen MR) is 60.7 cm³/mol. The van der Waals surface area contributed by atoms with Crippen molar-refractivity contribution in [1.29, 1.82) is 0 Å². The summed E-state index contributed by atoms with van der Waals surface area (Å²) in [7, 11) is 1.98. The zero-order valence-electron chi connectivity index (χ0n) is 9.22. The third kappa shape index (κ3) is 1.51. The van der Waals surface area contributed by atoms with Gasteiger partial charge in [0.2, 0.25) is 0 Å². The molecule has 0 fully saturated rings. The maximum absolute atomic E-state index is 4.16. The van der Waals surface area contributed by atoms with E-state index in [9.17, 15) is 0 Å². The smallest absolute Gasteiger partial charge is 0.150 e. The van der Waals surface area contributed by atoms with Crippen molar-refractivity contribution in [2.24, 2.45) is 7.05 Å². The average molecular weight is 214 g/mol. The fourth-order valence-electron chi connectivity index (χ4n) is 2.24. The molecule has 0 spiro atoms. The second kappa shape index (κ2) is 3.72. The van der Waals surface area contributed by atoms with Crippen LogP contribution in [-0.4, -0.2) is 14.8 Å². The molecule has 1 aromatic heterocycles. The second-order valence-corrected chi connectivity index (χ2v) is 4.21. The molecule has 0 bridgehead atoms. The standard InChI is InChI=1S/C12H14N4/c1-16-8-14-15-12(16)11-6-9-4-2-3-5-10(9)7-13-11/h2-5,8,11,13H,6-7H2,1H3/t11-/m0/s1. The predicted octanol–water partition coefficient (Wildman–Crippen LogP) is 1.20. The molecule has 4 nitrogen and oxygen atoms in total. The highest BCUT2D eigenvalue weighted by molar-refractivity contribution is 5.30. The molecular weight excluding hydrogens is 200 g/mol. The molecule has 0 aliphatic carbocycles. The van der Waals surface area contributed by atoms with Gasteiger partial charge in [0.05, 0.1) is 6.04 Å². The van der Waals surface area contributed by atoms with Gasteiger partial charge in [-0.1, -0.05) is 24.3 Å². The van der Waals surface area contributed by atoms with Crippen molar-refractivity contribution in [3.05, 3.63) is 47.5 Å². The van der Waals surface area contributed by atoms with E-state index < -0.39 is 0 Å². The molecule has 0 radical (unpaired) electrons. The number of hydrogen-bond donors (Lipinski definition) is 1. The molecule has 0 saturated carbocycles. The van der Waals surface area contributed by atoms with Gasteiger partial charge in [0.25, 0.3) is 0 Å². The van der Waals surface area contributed by atoms with E-state index in [1.165, 1.54) is 11.1 Å². The van der Waals surface area contributed by atoms with E-state index in [-0.39, 0.29) is 6.04 Å². The maximum Gasteiger partial charge on any atom is 0.150 e. The average Bonchev–Trinajstić information content (AvgIpc) is 2.75. The van der Waals surface area contributed by atoms with Crippen molar-refractivity contribution in [2.45, 2.75) is 19.0 Å². The molecule has 1 N–H and O–H groups in total. The van der Waals surface area contributed by atoms with E-state index in [4.69, 9.17) is 0 Å². The summed E-state index contributed by atoms with van der Waals surface area (Å²) in [5, 5.41) is 11.6. The van der Waals surface area contributed by atoms with E-state index in [0.29, 0.717) is 0 Å². The first kappa shape index (κ1) is 9.54. The summed E-state index contributed by atoms with van der Waals surface area (Å²) in [5.74, 6) is 1.01. The Balaban J connectivity index is 1.91. The molecule has 82 valence electrons. The molecule has 1 aliphatic rings. The van der Waals surface area contributed by atoms with Gasteiger partial charge in [-0.25, -0.2) is 0 Å². The van der Waals surface area contributed by atoms with Crippen molar-refractivity contribution >= 4 is 0 Å². The van der Waals surface area contributed by atoms with E-state index in [0.717, 1.165) is 18.8 Å². The van der Waals surface area contributed by atoms with Crippen molar-refractivity contribution in [1.82, 2.24) is 20.1 Å². The first-order valence-corrected chi connectivity index (χ1v) is 5.48. The van der Waals surface area contributed by atoms with Gasteiger partial charge in [0.15, 0.2) is 0 Å². The summed E-state index contributed by atoms with van der Waals surface area (Å²) < 4.78 is 1.98. The Hall–Kier alpha value is -1.68. The van der Waals surface area contributed by atoms with Gasteiger partial charge in [0, 0.05) is 13.6 Å². The first-order chi connectivity index (χ1) is 7.84. The minimum Gasteiger partial charge on any atom is -0.319 e. The van der Waals surface area contributed by atoms with Crippen LogP contribution in [0.15, 0.2) is 30.6 Å². The van der Waals surface area contributed by atoms with Crippen molar-refractivity contribution < 1.29 is 0 Å². The van der Waals surface area contributed by atoms with Crippen LogP contribution in [0.3, 0.4) is 0 Å². The highest BCUT2D eigenvalue weighted by Crippen LogP contribution is 2.23. The third-order valence-electron chi connectivity index (χ3n) is 3.14. The highest BCUT2D eigenvalue weighted by Gasteiger charge is 2.22. The maximum atomic E-state index is 4.16. The fraction of sp³-hybridized carbons (Fsp3) is 0.333. The Bertz CT molecular complexity index is 503. The van der Waals surface area contributed by atoms with Crippen LogP contribution in [0.1, 0.15) is 23.0 Å². The molecule has 16 heavy (non-hydrogen) atoms. The van der Waals surface area contributed by atoms with Gasteiger partial charge < -0.3 is 9.88 Å². The van der Waals surface area contributed by atoms with Crippen LogP contribution in [0.25, 0.3) is 0 Å². The summed E-state index contributed by atoms with van der Waals surface area (Å²) in [6.45, 7) is 0.910. The summed E-state index contributed by atoms with van der Waals surface area (Å²) >= 11 is 0. The molecule has 0 saturated heterocycles. The number of nitrogens with one attached hydrogen (secondary N) is 1. The van der Waals surface area contributed by atoms with Gasteiger partial charge in [0.1, 0.15) is 12.2 Å². The van der Waals surface area contributed by atoms with Crippen molar-refractivity contribution in [3.63, 3.8) is 0 Å². The zero-order valence-corrected chi connectivity index (χ0v) is 9.22. The number of benzene rings is 1. The summed E-state index contributed by atoms with van der Waals surface area (Å²) in [6, 6.07) is 8.83. The SMILES string of the molecule is Cn1cnnc1[C@@H]1Cc2ccccc2CN1. The molecule has 3 rings (SSSR count). The molecule has 0 amide bonds. The first-order valence-electron chi connectivity index (χ1n) is 5.48. The van der Waals surface area contributed by atoms with Gasteiger partial charge in [-0.05, 0) is 17.5 Å².